The van der Waals surface area contributed by atoms with E-state index in [-0.39, 0.29) is 0 Å². The van der Waals surface area contributed by atoms with E-state index in [0.717, 1.165) is 19.6 Å². The summed E-state index contributed by atoms with van der Waals surface area (Å²) in [5.41, 5.74) is 3.98. The summed E-state index contributed by atoms with van der Waals surface area (Å²) in [6.07, 6.45) is 0. The maximum atomic E-state index is 3.65. The van der Waals surface area contributed by atoms with Crippen LogP contribution in [0.5, 0.6) is 0 Å². The van der Waals surface area contributed by atoms with E-state index in [1.54, 1.807) is 11.3 Å². The van der Waals surface area contributed by atoms with Crippen molar-refractivity contribution >= 4 is 17.0 Å². The predicted molar refractivity (Wildman–Crippen MR) is 89.4 cm³/mol. The van der Waals surface area contributed by atoms with E-state index in [2.05, 4.69) is 72.1 Å². The number of hydrogen-bond donors (Lipinski definition) is 1. The summed E-state index contributed by atoms with van der Waals surface area (Å²) in [5, 5.41) is 7.99. The lowest BCUT2D eigenvalue weighted by Crippen LogP contribution is -2.23. The first kappa shape index (κ1) is 15.1. The van der Waals surface area contributed by atoms with Gasteiger partial charge in [0.05, 0.1) is 0 Å². The van der Waals surface area contributed by atoms with Gasteiger partial charge in [-0.05, 0) is 54.0 Å². The Morgan fingerprint density at radius 2 is 1.90 bits per heavy atom. The Labute approximate surface area is 126 Å². The Kier molecular flexibility index (Phi) is 5.62. The highest BCUT2D eigenvalue weighted by Gasteiger charge is 2.10. The van der Waals surface area contributed by atoms with Gasteiger partial charge in [0.2, 0.25) is 0 Å². The average molecular weight is 288 g/mol. The Hall–Kier alpha value is -1.32. The monoisotopic (exact) mass is 288 g/mol. The lowest BCUT2D eigenvalue weighted by Gasteiger charge is -2.22. The topological polar surface area (TPSA) is 15.3 Å². The number of benzene rings is 1. The molecule has 0 radical (unpaired) electrons. The molecule has 0 saturated carbocycles. The van der Waals surface area contributed by atoms with Gasteiger partial charge in [0.25, 0.3) is 0 Å². The van der Waals surface area contributed by atoms with Crippen molar-refractivity contribution in [2.45, 2.75) is 33.4 Å². The Morgan fingerprint density at radius 3 is 2.55 bits per heavy atom. The van der Waals surface area contributed by atoms with Crippen molar-refractivity contribution in [3.8, 4) is 0 Å². The van der Waals surface area contributed by atoms with Crippen molar-refractivity contribution in [1.82, 2.24) is 4.90 Å². The zero-order valence-corrected chi connectivity index (χ0v) is 13.4. The summed E-state index contributed by atoms with van der Waals surface area (Å²) in [4.78, 5) is 2.44. The van der Waals surface area contributed by atoms with Gasteiger partial charge >= 0.3 is 0 Å². The summed E-state index contributed by atoms with van der Waals surface area (Å²) in [6, 6.07) is 11.2. The summed E-state index contributed by atoms with van der Waals surface area (Å²) < 4.78 is 0. The molecule has 108 valence electrons. The molecular formula is C17H24N2S. The number of anilines is 1. The zero-order valence-electron chi connectivity index (χ0n) is 12.6. The molecule has 3 heteroatoms. The van der Waals surface area contributed by atoms with Crippen molar-refractivity contribution in [2.24, 2.45) is 0 Å². The first-order chi connectivity index (χ1) is 9.74. The van der Waals surface area contributed by atoms with Crippen LogP contribution >= 0.6 is 11.3 Å². The van der Waals surface area contributed by atoms with Crippen molar-refractivity contribution in [1.29, 1.82) is 0 Å². The molecule has 1 heterocycles. The highest BCUT2D eigenvalue weighted by Crippen LogP contribution is 2.24. The molecule has 0 bridgehead atoms. The molecule has 2 nitrogen and oxygen atoms in total. The van der Waals surface area contributed by atoms with E-state index in [1.165, 1.54) is 16.8 Å². The second-order valence-corrected chi connectivity index (χ2v) is 5.82. The zero-order chi connectivity index (χ0) is 14.4. The average Bonchev–Trinajstić information content (AvgIpc) is 3.00. The molecule has 1 aromatic heterocycles. The van der Waals surface area contributed by atoms with Gasteiger partial charge in [-0.2, -0.15) is 11.3 Å². The third-order valence-corrected chi connectivity index (χ3v) is 4.42. The number of hydrogen-bond acceptors (Lipinski definition) is 3. The minimum Gasteiger partial charge on any atom is -0.378 e. The molecule has 0 amide bonds. The molecule has 2 aromatic rings. The molecule has 2 rings (SSSR count). The van der Waals surface area contributed by atoms with Gasteiger partial charge in [0, 0.05) is 18.3 Å². The van der Waals surface area contributed by atoms with E-state index in [1.807, 2.05) is 0 Å². The number of rotatable bonds is 7. The number of para-hydroxylation sites is 1. The molecule has 0 saturated heterocycles. The van der Waals surface area contributed by atoms with Crippen molar-refractivity contribution in [3.63, 3.8) is 0 Å². The number of nitrogens with zero attached hydrogens (tertiary/aromatic N) is 1. The van der Waals surface area contributed by atoms with Crippen molar-refractivity contribution in [3.05, 3.63) is 52.2 Å². The fourth-order valence-corrected chi connectivity index (χ4v) is 3.08. The quantitative estimate of drug-likeness (QED) is 0.790. The molecule has 0 aliphatic heterocycles. The summed E-state index contributed by atoms with van der Waals surface area (Å²) in [5.74, 6) is 0. The van der Waals surface area contributed by atoms with Crippen LogP contribution in [-0.2, 0) is 6.54 Å². The van der Waals surface area contributed by atoms with Crippen LogP contribution < -0.4 is 5.32 Å². The predicted octanol–water partition coefficient (Wildman–Crippen LogP) is 4.76. The Morgan fingerprint density at radius 1 is 1.15 bits per heavy atom. The minimum absolute atomic E-state index is 0.346. The summed E-state index contributed by atoms with van der Waals surface area (Å²) in [7, 11) is 0. The molecule has 0 fully saturated rings. The molecule has 0 aliphatic carbocycles. The third kappa shape index (κ3) is 3.84. The highest BCUT2D eigenvalue weighted by molar-refractivity contribution is 7.07. The molecule has 0 aliphatic rings. The smallest absolute Gasteiger partial charge is 0.0493 e. The van der Waals surface area contributed by atoms with Crippen molar-refractivity contribution in [2.75, 3.05) is 18.4 Å². The van der Waals surface area contributed by atoms with E-state index in [0.29, 0.717) is 6.04 Å². The lowest BCUT2D eigenvalue weighted by atomic mass is 10.1. The fourth-order valence-electron chi connectivity index (χ4n) is 2.33. The second-order valence-electron chi connectivity index (χ2n) is 5.04. The maximum absolute atomic E-state index is 3.65. The third-order valence-electron chi connectivity index (χ3n) is 3.72. The number of nitrogens with one attached hydrogen (secondary N) is 1. The molecular weight excluding hydrogens is 264 g/mol. The first-order valence-electron chi connectivity index (χ1n) is 7.33. The normalized spacial score (nSPS) is 12.6. The van der Waals surface area contributed by atoms with Crippen LogP contribution in [0, 0.1) is 0 Å². The minimum atomic E-state index is 0.346. The van der Waals surface area contributed by atoms with Crippen LogP contribution in [0.25, 0.3) is 0 Å². The molecule has 1 aromatic carbocycles. The molecule has 0 spiro atoms. The molecule has 1 atom stereocenters. The van der Waals surface area contributed by atoms with Gasteiger partial charge in [-0.15, -0.1) is 0 Å². The first-order valence-corrected chi connectivity index (χ1v) is 8.27. The second kappa shape index (κ2) is 7.46. The van der Waals surface area contributed by atoms with Crippen LogP contribution in [0.3, 0.4) is 0 Å². The van der Waals surface area contributed by atoms with E-state index in [4.69, 9.17) is 0 Å². The number of thiophene rings is 1. The van der Waals surface area contributed by atoms with Gasteiger partial charge in [0.1, 0.15) is 0 Å². The SMILES string of the molecule is CCN(CC)Cc1ccccc1NC(C)c1ccsc1. The molecule has 20 heavy (non-hydrogen) atoms. The van der Waals surface area contributed by atoms with Gasteiger partial charge in [0.15, 0.2) is 0 Å². The van der Waals surface area contributed by atoms with Crippen LogP contribution in [0.4, 0.5) is 5.69 Å². The van der Waals surface area contributed by atoms with E-state index >= 15 is 0 Å². The lowest BCUT2D eigenvalue weighted by molar-refractivity contribution is 0.296. The van der Waals surface area contributed by atoms with Crippen LogP contribution in [-0.4, -0.2) is 18.0 Å². The fraction of sp³-hybridized carbons (Fsp3) is 0.412. The van der Waals surface area contributed by atoms with Gasteiger partial charge in [-0.3, -0.25) is 4.90 Å². The highest BCUT2D eigenvalue weighted by atomic mass is 32.1. The molecule has 1 N–H and O–H groups in total. The van der Waals surface area contributed by atoms with Gasteiger partial charge in [-0.25, -0.2) is 0 Å². The van der Waals surface area contributed by atoms with Crippen molar-refractivity contribution < 1.29 is 0 Å². The summed E-state index contributed by atoms with van der Waals surface area (Å²) >= 11 is 1.75. The van der Waals surface area contributed by atoms with E-state index < -0.39 is 0 Å². The largest absolute Gasteiger partial charge is 0.378 e. The maximum Gasteiger partial charge on any atom is 0.0493 e. The summed E-state index contributed by atoms with van der Waals surface area (Å²) in [6.45, 7) is 9.83. The Balaban J connectivity index is 2.11. The van der Waals surface area contributed by atoms with Gasteiger partial charge < -0.3 is 5.32 Å². The Bertz CT molecular complexity index is 503. The molecule has 1 unspecified atom stereocenters. The van der Waals surface area contributed by atoms with Crippen LogP contribution in [0.15, 0.2) is 41.1 Å². The standard InChI is InChI=1S/C17H24N2S/c1-4-19(5-2)12-15-8-6-7-9-17(15)18-14(3)16-10-11-20-13-16/h6-11,13-14,18H,4-5,12H2,1-3H3. The van der Waals surface area contributed by atoms with Crippen LogP contribution in [0.2, 0.25) is 0 Å². The van der Waals surface area contributed by atoms with E-state index in [9.17, 15) is 0 Å². The van der Waals surface area contributed by atoms with Gasteiger partial charge in [-0.1, -0.05) is 32.0 Å². The van der Waals surface area contributed by atoms with Crippen LogP contribution in [0.1, 0.15) is 37.9 Å².